The van der Waals surface area contributed by atoms with E-state index in [-0.39, 0.29) is 41.6 Å². The number of Topliss-reactive ketones (excluding diaryl/α,β-unsaturated/α-hetero) is 1. The summed E-state index contributed by atoms with van der Waals surface area (Å²) in [5, 5.41) is 11.2. The van der Waals surface area contributed by atoms with Crippen molar-refractivity contribution < 1.29 is 19.2 Å². The number of ketones is 1. The van der Waals surface area contributed by atoms with Crippen molar-refractivity contribution in [2.75, 3.05) is 6.61 Å². The SMILES string of the molecule is CC(=O)c1cc(Br)cc([N+](=O)[O-])c1OCC1CCC(C)O1. The molecule has 0 radical (unpaired) electrons. The summed E-state index contributed by atoms with van der Waals surface area (Å²) in [5.41, 5.74) is -0.0252. The van der Waals surface area contributed by atoms with Crippen molar-refractivity contribution in [2.24, 2.45) is 0 Å². The third kappa shape index (κ3) is 3.79. The van der Waals surface area contributed by atoms with Crippen LogP contribution in [-0.2, 0) is 4.74 Å². The van der Waals surface area contributed by atoms with E-state index < -0.39 is 4.92 Å². The van der Waals surface area contributed by atoms with Gasteiger partial charge in [-0.05, 0) is 32.8 Å². The molecule has 1 aliphatic rings. The Morgan fingerprint density at radius 1 is 1.52 bits per heavy atom. The van der Waals surface area contributed by atoms with Gasteiger partial charge in [-0.15, -0.1) is 0 Å². The highest BCUT2D eigenvalue weighted by Crippen LogP contribution is 2.35. The molecular formula is C14H16BrNO5. The van der Waals surface area contributed by atoms with Crippen LogP contribution in [0.15, 0.2) is 16.6 Å². The predicted molar refractivity (Wildman–Crippen MR) is 79.9 cm³/mol. The van der Waals surface area contributed by atoms with Gasteiger partial charge >= 0.3 is 5.69 Å². The fourth-order valence-corrected chi connectivity index (χ4v) is 2.76. The first kappa shape index (κ1) is 15.9. The molecule has 114 valence electrons. The van der Waals surface area contributed by atoms with Crippen LogP contribution in [0.3, 0.4) is 0 Å². The zero-order valence-corrected chi connectivity index (χ0v) is 13.4. The van der Waals surface area contributed by atoms with Gasteiger partial charge in [0.2, 0.25) is 5.75 Å². The zero-order valence-electron chi connectivity index (χ0n) is 11.8. The minimum atomic E-state index is -0.551. The van der Waals surface area contributed by atoms with E-state index in [0.29, 0.717) is 4.47 Å². The number of halogens is 1. The smallest absolute Gasteiger partial charge is 0.312 e. The van der Waals surface area contributed by atoms with Crippen molar-refractivity contribution in [3.63, 3.8) is 0 Å². The summed E-state index contributed by atoms with van der Waals surface area (Å²) in [7, 11) is 0. The van der Waals surface area contributed by atoms with Gasteiger partial charge in [0.25, 0.3) is 0 Å². The number of rotatable bonds is 5. The molecule has 0 bridgehead atoms. The first-order valence-electron chi connectivity index (χ1n) is 6.65. The van der Waals surface area contributed by atoms with E-state index in [1.807, 2.05) is 6.92 Å². The Labute approximate surface area is 130 Å². The van der Waals surface area contributed by atoms with Crippen LogP contribution in [0, 0.1) is 10.1 Å². The fourth-order valence-electron chi connectivity index (χ4n) is 2.31. The monoisotopic (exact) mass is 357 g/mol. The van der Waals surface area contributed by atoms with Crippen LogP contribution in [0.2, 0.25) is 0 Å². The lowest BCUT2D eigenvalue weighted by molar-refractivity contribution is -0.386. The molecule has 21 heavy (non-hydrogen) atoms. The molecule has 2 rings (SSSR count). The van der Waals surface area contributed by atoms with E-state index >= 15 is 0 Å². The van der Waals surface area contributed by atoms with Crippen molar-refractivity contribution in [1.29, 1.82) is 0 Å². The Hall–Kier alpha value is -1.47. The summed E-state index contributed by atoms with van der Waals surface area (Å²) in [6.45, 7) is 3.53. The number of hydrogen-bond donors (Lipinski definition) is 0. The van der Waals surface area contributed by atoms with Gasteiger partial charge in [-0.2, -0.15) is 0 Å². The highest BCUT2D eigenvalue weighted by Gasteiger charge is 2.27. The van der Waals surface area contributed by atoms with Gasteiger partial charge in [0.1, 0.15) is 6.61 Å². The van der Waals surface area contributed by atoms with E-state index in [9.17, 15) is 14.9 Å². The quantitative estimate of drug-likeness (QED) is 0.457. The number of nitro groups is 1. The molecule has 0 amide bonds. The molecule has 0 spiro atoms. The molecule has 7 heteroatoms. The maximum absolute atomic E-state index is 11.7. The van der Waals surface area contributed by atoms with Crippen LogP contribution < -0.4 is 4.74 Å². The Morgan fingerprint density at radius 2 is 2.24 bits per heavy atom. The molecule has 6 nitrogen and oxygen atoms in total. The Morgan fingerprint density at radius 3 is 2.76 bits per heavy atom. The van der Waals surface area contributed by atoms with Crippen LogP contribution in [0.4, 0.5) is 5.69 Å². The molecule has 2 atom stereocenters. The standard InChI is InChI=1S/C14H16BrNO5/c1-8-3-4-11(21-8)7-20-14-12(9(2)17)5-10(15)6-13(14)16(18)19/h5-6,8,11H,3-4,7H2,1-2H3. The zero-order chi connectivity index (χ0) is 15.6. The van der Waals surface area contributed by atoms with E-state index in [2.05, 4.69) is 15.9 Å². The summed E-state index contributed by atoms with van der Waals surface area (Å²) in [6.07, 6.45) is 1.87. The van der Waals surface area contributed by atoms with Gasteiger partial charge in [0, 0.05) is 10.5 Å². The van der Waals surface area contributed by atoms with Crippen LogP contribution in [0.25, 0.3) is 0 Å². The van der Waals surface area contributed by atoms with E-state index in [1.165, 1.54) is 19.1 Å². The molecular weight excluding hydrogens is 342 g/mol. The number of ether oxygens (including phenoxy) is 2. The topological polar surface area (TPSA) is 78.7 Å². The van der Waals surface area contributed by atoms with Gasteiger partial charge in [0.05, 0.1) is 22.7 Å². The molecule has 2 unspecified atom stereocenters. The number of carbonyl (C=O) groups excluding carboxylic acids is 1. The third-order valence-corrected chi connectivity index (χ3v) is 3.80. The summed E-state index contributed by atoms with van der Waals surface area (Å²) in [4.78, 5) is 22.3. The molecule has 1 aromatic carbocycles. The van der Waals surface area contributed by atoms with Crippen molar-refractivity contribution in [2.45, 2.75) is 38.9 Å². The second-order valence-electron chi connectivity index (χ2n) is 5.07. The first-order valence-corrected chi connectivity index (χ1v) is 7.45. The second kappa shape index (κ2) is 6.53. The minimum Gasteiger partial charge on any atom is -0.484 e. The molecule has 1 aliphatic heterocycles. The number of hydrogen-bond acceptors (Lipinski definition) is 5. The average molecular weight is 358 g/mol. The van der Waals surface area contributed by atoms with Gasteiger partial charge in [-0.25, -0.2) is 0 Å². The number of carbonyl (C=O) groups is 1. The average Bonchev–Trinajstić information content (AvgIpc) is 2.81. The molecule has 0 saturated carbocycles. The Kier molecular flexibility index (Phi) is 4.95. The summed E-state index contributed by atoms with van der Waals surface area (Å²) in [5.74, 6) is -0.269. The highest BCUT2D eigenvalue weighted by molar-refractivity contribution is 9.10. The molecule has 1 saturated heterocycles. The number of benzene rings is 1. The predicted octanol–water partition coefficient (Wildman–Crippen LogP) is 3.51. The molecule has 1 aromatic rings. The van der Waals surface area contributed by atoms with Crippen molar-refractivity contribution >= 4 is 27.4 Å². The van der Waals surface area contributed by atoms with Crippen LogP contribution >= 0.6 is 15.9 Å². The van der Waals surface area contributed by atoms with Crippen molar-refractivity contribution in [3.05, 3.63) is 32.3 Å². The molecule has 1 heterocycles. The lowest BCUT2D eigenvalue weighted by Crippen LogP contribution is -2.19. The Balaban J connectivity index is 2.27. The lowest BCUT2D eigenvalue weighted by Gasteiger charge is -2.15. The second-order valence-corrected chi connectivity index (χ2v) is 5.99. The van der Waals surface area contributed by atoms with E-state index in [1.54, 1.807) is 0 Å². The van der Waals surface area contributed by atoms with Crippen molar-refractivity contribution in [1.82, 2.24) is 0 Å². The maximum Gasteiger partial charge on any atom is 0.312 e. The first-order chi connectivity index (χ1) is 9.88. The van der Waals surface area contributed by atoms with Crippen LogP contribution in [-0.4, -0.2) is 29.5 Å². The summed E-state index contributed by atoms with van der Waals surface area (Å²) in [6, 6.07) is 2.86. The number of nitrogens with zero attached hydrogens (tertiary/aromatic N) is 1. The minimum absolute atomic E-state index is 0.0128. The van der Waals surface area contributed by atoms with Gasteiger partial charge in [0.15, 0.2) is 5.78 Å². The molecule has 0 aromatic heterocycles. The van der Waals surface area contributed by atoms with Gasteiger partial charge < -0.3 is 9.47 Å². The third-order valence-electron chi connectivity index (χ3n) is 3.34. The lowest BCUT2D eigenvalue weighted by atomic mass is 10.1. The summed E-state index contributed by atoms with van der Waals surface area (Å²) >= 11 is 3.17. The fraction of sp³-hybridized carbons (Fsp3) is 0.500. The van der Waals surface area contributed by atoms with Gasteiger partial charge in [-0.1, -0.05) is 15.9 Å². The van der Waals surface area contributed by atoms with Crippen LogP contribution in [0.5, 0.6) is 5.75 Å². The summed E-state index contributed by atoms with van der Waals surface area (Å²) < 4.78 is 11.7. The molecule has 0 aliphatic carbocycles. The Bertz CT molecular complexity index is 539. The molecule has 1 fully saturated rings. The van der Waals surface area contributed by atoms with Gasteiger partial charge in [-0.3, -0.25) is 14.9 Å². The number of nitro benzene ring substituents is 1. The van der Waals surface area contributed by atoms with E-state index in [0.717, 1.165) is 12.8 Å². The highest BCUT2D eigenvalue weighted by atomic mass is 79.9. The molecule has 0 N–H and O–H groups in total. The maximum atomic E-state index is 11.7. The van der Waals surface area contributed by atoms with E-state index in [4.69, 9.17) is 9.47 Å². The largest absolute Gasteiger partial charge is 0.484 e. The van der Waals surface area contributed by atoms with Crippen LogP contribution in [0.1, 0.15) is 37.0 Å². The van der Waals surface area contributed by atoms with Crippen molar-refractivity contribution in [3.8, 4) is 5.75 Å². The normalized spacial score (nSPS) is 21.3.